The number of fused-ring (bicyclic) bond motifs is 1. The van der Waals surface area contributed by atoms with Crippen LogP contribution in [0.5, 0.6) is 0 Å². The van der Waals surface area contributed by atoms with Gasteiger partial charge in [0.15, 0.2) is 4.96 Å². The van der Waals surface area contributed by atoms with Crippen LogP contribution in [0.25, 0.3) is 4.96 Å². The molecule has 0 fully saturated rings. The minimum atomic E-state index is -0.0000653. The van der Waals surface area contributed by atoms with Gasteiger partial charge in [0.1, 0.15) is 0 Å². The van der Waals surface area contributed by atoms with E-state index in [-0.39, 0.29) is 5.91 Å². The van der Waals surface area contributed by atoms with E-state index in [9.17, 15) is 4.79 Å². The highest BCUT2D eigenvalue weighted by atomic mass is 32.1. The van der Waals surface area contributed by atoms with E-state index in [0.717, 1.165) is 27.6 Å². The zero-order chi connectivity index (χ0) is 17.8. The number of nitrogens with one attached hydrogen (secondary N) is 1. The van der Waals surface area contributed by atoms with E-state index in [4.69, 9.17) is 5.26 Å². The van der Waals surface area contributed by atoms with Crippen LogP contribution >= 0.6 is 11.3 Å². The predicted molar refractivity (Wildman–Crippen MR) is 95.2 cm³/mol. The van der Waals surface area contributed by atoms with Crippen molar-refractivity contribution in [3.8, 4) is 6.07 Å². The molecule has 1 amide bonds. The van der Waals surface area contributed by atoms with Gasteiger partial charge >= 0.3 is 0 Å². The standard InChI is InChI=1S/C17H20N6OS/c1-12-15(13(2)23(21-12)7-3-6-18)4-5-16(24)19-10-14-11-22-8-9-25-17(22)20-14/h8-9,11H,3-5,7,10H2,1-2H3,(H,19,24). The first-order chi connectivity index (χ1) is 12.1. The average molecular weight is 356 g/mol. The quantitative estimate of drug-likeness (QED) is 0.704. The molecule has 0 aliphatic carbocycles. The van der Waals surface area contributed by atoms with E-state index in [1.807, 2.05) is 40.7 Å². The summed E-state index contributed by atoms with van der Waals surface area (Å²) in [7, 11) is 0. The lowest BCUT2D eigenvalue weighted by molar-refractivity contribution is -0.121. The smallest absolute Gasteiger partial charge is 0.220 e. The predicted octanol–water partition coefficient (Wildman–Crippen LogP) is 2.37. The number of aromatic nitrogens is 4. The maximum absolute atomic E-state index is 12.1. The normalized spacial score (nSPS) is 10.9. The van der Waals surface area contributed by atoms with E-state index < -0.39 is 0 Å². The van der Waals surface area contributed by atoms with Gasteiger partial charge in [0, 0.05) is 29.9 Å². The molecule has 7 nitrogen and oxygen atoms in total. The number of aryl methyl sites for hydroxylation is 2. The van der Waals surface area contributed by atoms with Gasteiger partial charge in [-0.05, 0) is 25.8 Å². The molecular weight excluding hydrogens is 336 g/mol. The Labute approximate surface area is 149 Å². The molecule has 3 aromatic rings. The third-order valence-corrected chi connectivity index (χ3v) is 4.95. The molecule has 0 saturated heterocycles. The molecule has 3 aromatic heterocycles. The molecule has 0 atom stereocenters. The van der Waals surface area contributed by atoms with Crippen LogP contribution in [0, 0.1) is 25.2 Å². The Morgan fingerprint density at radius 3 is 3.04 bits per heavy atom. The largest absolute Gasteiger partial charge is 0.350 e. The van der Waals surface area contributed by atoms with Crippen molar-refractivity contribution in [2.75, 3.05) is 0 Å². The first-order valence-corrected chi connectivity index (χ1v) is 9.04. The first kappa shape index (κ1) is 17.2. The second-order valence-electron chi connectivity index (χ2n) is 5.88. The number of carbonyl (C=O) groups excluding carboxylic acids is 1. The lowest BCUT2D eigenvalue weighted by Crippen LogP contribution is -2.23. The zero-order valence-electron chi connectivity index (χ0n) is 14.3. The lowest BCUT2D eigenvalue weighted by atomic mass is 10.1. The van der Waals surface area contributed by atoms with Gasteiger partial charge in [0.2, 0.25) is 5.91 Å². The Kier molecular flexibility index (Phi) is 5.14. The number of rotatable bonds is 7. The molecule has 0 radical (unpaired) electrons. The molecule has 0 spiro atoms. The highest BCUT2D eigenvalue weighted by Gasteiger charge is 2.13. The third-order valence-electron chi connectivity index (χ3n) is 4.18. The molecule has 130 valence electrons. The van der Waals surface area contributed by atoms with Gasteiger partial charge in [0.25, 0.3) is 0 Å². The zero-order valence-corrected chi connectivity index (χ0v) is 15.1. The van der Waals surface area contributed by atoms with Crippen LogP contribution in [-0.4, -0.2) is 25.1 Å². The monoisotopic (exact) mass is 356 g/mol. The van der Waals surface area contributed by atoms with Gasteiger partial charge in [-0.2, -0.15) is 10.4 Å². The van der Waals surface area contributed by atoms with Crippen LogP contribution in [0.2, 0.25) is 0 Å². The topological polar surface area (TPSA) is 88.0 Å². The molecule has 0 unspecified atom stereocenters. The van der Waals surface area contributed by atoms with E-state index in [1.54, 1.807) is 11.3 Å². The summed E-state index contributed by atoms with van der Waals surface area (Å²) in [6.07, 6.45) is 5.37. The number of amides is 1. The number of imidazole rings is 1. The summed E-state index contributed by atoms with van der Waals surface area (Å²) in [6.45, 7) is 4.96. The number of nitriles is 1. The highest BCUT2D eigenvalue weighted by molar-refractivity contribution is 7.15. The molecule has 3 rings (SSSR count). The van der Waals surface area contributed by atoms with Crippen molar-refractivity contribution in [3.63, 3.8) is 0 Å². The van der Waals surface area contributed by atoms with Gasteiger partial charge in [-0.15, -0.1) is 11.3 Å². The fourth-order valence-electron chi connectivity index (χ4n) is 2.85. The molecule has 25 heavy (non-hydrogen) atoms. The maximum Gasteiger partial charge on any atom is 0.220 e. The van der Waals surface area contributed by atoms with Gasteiger partial charge in [-0.1, -0.05) is 0 Å². The molecule has 8 heteroatoms. The lowest BCUT2D eigenvalue weighted by Gasteiger charge is -2.05. The van der Waals surface area contributed by atoms with Gasteiger partial charge in [-0.3, -0.25) is 13.9 Å². The molecule has 1 N–H and O–H groups in total. The molecule has 0 aromatic carbocycles. The van der Waals surface area contributed by atoms with Crippen molar-refractivity contribution in [1.29, 1.82) is 5.26 Å². The molecule has 0 bridgehead atoms. The second kappa shape index (κ2) is 7.49. The van der Waals surface area contributed by atoms with E-state index in [2.05, 4.69) is 21.5 Å². The fraction of sp³-hybridized carbons (Fsp3) is 0.412. The van der Waals surface area contributed by atoms with Crippen molar-refractivity contribution in [1.82, 2.24) is 24.5 Å². The van der Waals surface area contributed by atoms with Crippen LogP contribution in [0.15, 0.2) is 17.8 Å². The van der Waals surface area contributed by atoms with Crippen molar-refractivity contribution < 1.29 is 4.79 Å². The highest BCUT2D eigenvalue weighted by Crippen LogP contribution is 2.16. The molecule has 0 aliphatic rings. The van der Waals surface area contributed by atoms with E-state index in [0.29, 0.717) is 32.4 Å². The molecule has 3 heterocycles. The summed E-state index contributed by atoms with van der Waals surface area (Å²) >= 11 is 1.57. The number of nitrogens with zero attached hydrogens (tertiary/aromatic N) is 5. The Morgan fingerprint density at radius 2 is 2.28 bits per heavy atom. The maximum atomic E-state index is 12.1. The Hall–Kier alpha value is -2.66. The van der Waals surface area contributed by atoms with Crippen LogP contribution < -0.4 is 5.32 Å². The van der Waals surface area contributed by atoms with Crippen LogP contribution in [-0.2, 0) is 24.3 Å². The van der Waals surface area contributed by atoms with Crippen LogP contribution in [0.1, 0.15) is 35.5 Å². The van der Waals surface area contributed by atoms with Gasteiger partial charge in [-0.25, -0.2) is 4.98 Å². The Bertz CT molecular complexity index is 900. The number of carbonyl (C=O) groups is 1. The van der Waals surface area contributed by atoms with E-state index in [1.165, 1.54) is 0 Å². The summed E-state index contributed by atoms with van der Waals surface area (Å²) in [6, 6.07) is 2.13. The summed E-state index contributed by atoms with van der Waals surface area (Å²) in [4.78, 5) is 17.5. The second-order valence-corrected chi connectivity index (χ2v) is 6.76. The van der Waals surface area contributed by atoms with Crippen LogP contribution in [0.3, 0.4) is 0 Å². The molecule has 0 aliphatic heterocycles. The van der Waals surface area contributed by atoms with Crippen LogP contribution in [0.4, 0.5) is 0 Å². The van der Waals surface area contributed by atoms with Crippen molar-refractivity contribution >= 4 is 22.2 Å². The molecule has 0 saturated carbocycles. The Balaban J connectivity index is 1.52. The fourth-order valence-corrected chi connectivity index (χ4v) is 3.57. The van der Waals surface area contributed by atoms with E-state index >= 15 is 0 Å². The van der Waals surface area contributed by atoms with Crippen molar-refractivity contribution in [2.45, 2.75) is 46.2 Å². The Morgan fingerprint density at radius 1 is 1.44 bits per heavy atom. The summed E-state index contributed by atoms with van der Waals surface area (Å²) < 4.78 is 3.80. The minimum absolute atomic E-state index is 0.0000653. The van der Waals surface area contributed by atoms with Crippen molar-refractivity contribution in [3.05, 3.63) is 40.4 Å². The number of hydrogen-bond donors (Lipinski definition) is 1. The van der Waals surface area contributed by atoms with Gasteiger partial charge in [0.05, 0.1) is 37.0 Å². The summed E-state index contributed by atoms with van der Waals surface area (Å²) in [5.74, 6) is -0.0000653. The molecular formula is C17H20N6OS. The average Bonchev–Trinajstić information content (AvgIpc) is 3.24. The summed E-state index contributed by atoms with van der Waals surface area (Å²) in [5.41, 5.74) is 3.92. The third kappa shape index (κ3) is 3.88. The number of thiazole rings is 1. The first-order valence-electron chi connectivity index (χ1n) is 8.16. The number of hydrogen-bond acceptors (Lipinski definition) is 5. The summed E-state index contributed by atoms with van der Waals surface area (Å²) in [5, 5.41) is 18.1. The minimum Gasteiger partial charge on any atom is -0.350 e. The SMILES string of the molecule is Cc1nn(CCC#N)c(C)c1CCC(=O)NCc1cn2ccsc2n1. The van der Waals surface area contributed by atoms with Gasteiger partial charge < -0.3 is 5.32 Å². The van der Waals surface area contributed by atoms with Crippen molar-refractivity contribution in [2.24, 2.45) is 0 Å².